The minimum atomic E-state index is 0.0795. The molecule has 6 nitrogen and oxygen atoms in total. The second-order valence-electron chi connectivity index (χ2n) is 5.81. The number of aromatic nitrogens is 4. The van der Waals surface area contributed by atoms with Gasteiger partial charge in [-0.25, -0.2) is 0 Å². The predicted octanol–water partition coefficient (Wildman–Crippen LogP) is 2.22. The second kappa shape index (κ2) is 6.16. The molecular weight excluding hydrogens is 298 g/mol. The number of rotatable bonds is 4. The summed E-state index contributed by atoms with van der Waals surface area (Å²) < 4.78 is 5.95. The lowest BCUT2D eigenvalue weighted by molar-refractivity contribution is 0.0724. The summed E-state index contributed by atoms with van der Waals surface area (Å²) in [5.41, 5.74) is 2.98. The normalized spacial score (nSPS) is 18.1. The van der Waals surface area contributed by atoms with Crippen LogP contribution in [0.15, 0.2) is 6.07 Å². The number of aryl methyl sites for hydroxylation is 3. The minimum absolute atomic E-state index is 0.0795. The van der Waals surface area contributed by atoms with Gasteiger partial charge in [0.25, 0.3) is 5.91 Å². The molecule has 1 atom stereocenters. The molecule has 1 unspecified atom stereocenters. The lowest BCUT2D eigenvalue weighted by Gasteiger charge is -2.24. The predicted molar refractivity (Wildman–Crippen MR) is 85.0 cm³/mol. The molecule has 1 fully saturated rings. The number of carbonyl (C=O) groups excluding carboxylic acids is 1. The van der Waals surface area contributed by atoms with E-state index in [2.05, 4.69) is 27.7 Å². The molecular formula is C15H21N5OS. The van der Waals surface area contributed by atoms with E-state index in [1.165, 1.54) is 11.5 Å². The maximum Gasteiger partial charge on any atom is 0.267 e. The van der Waals surface area contributed by atoms with Crippen molar-refractivity contribution in [3.8, 4) is 0 Å². The molecule has 0 aromatic carbocycles. The SMILES string of the molecule is CCc1nnsc1C(=O)N1CCCC1Cn1nc(C)cc1C. The van der Waals surface area contributed by atoms with Crippen molar-refractivity contribution in [2.24, 2.45) is 0 Å². The zero-order valence-electron chi connectivity index (χ0n) is 13.2. The largest absolute Gasteiger partial charge is 0.333 e. The number of hydrogen-bond acceptors (Lipinski definition) is 5. The Balaban J connectivity index is 1.78. The summed E-state index contributed by atoms with van der Waals surface area (Å²) in [6, 6.07) is 2.28. The first-order valence-corrected chi connectivity index (χ1v) is 8.50. The number of amides is 1. The molecule has 22 heavy (non-hydrogen) atoms. The van der Waals surface area contributed by atoms with Crippen LogP contribution in [0.25, 0.3) is 0 Å². The van der Waals surface area contributed by atoms with E-state index in [4.69, 9.17) is 0 Å². The van der Waals surface area contributed by atoms with E-state index in [1.54, 1.807) is 0 Å². The Hall–Kier alpha value is -1.76. The Bertz CT molecular complexity index is 677. The first-order valence-electron chi connectivity index (χ1n) is 7.73. The smallest absolute Gasteiger partial charge is 0.267 e. The quantitative estimate of drug-likeness (QED) is 0.867. The summed E-state index contributed by atoms with van der Waals surface area (Å²) in [7, 11) is 0. The summed E-state index contributed by atoms with van der Waals surface area (Å²) in [5.74, 6) is 0.0795. The number of carbonyl (C=O) groups is 1. The molecule has 2 aromatic rings. The molecule has 0 N–H and O–H groups in total. The molecule has 3 rings (SSSR count). The molecule has 118 valence electrons. The van der Waals surface area contributed by atoms with Gasteiger partial charge in [0.15, 0.2) is 0 Å². The van der Waals surface area contributed by atoms with Crippen LogP contribution in [0.3, 0.4) is 0 Å². The Kier molecular flexibility index (Phi) is 4.24. The zero-order chi connectivity index (χ0) is 15.7. The van der Waals surface area contributed by atoms with Gasteiger partial charge in [0.1, 0.15) is 4.88 Å². The molecule has 0 aliphatic carbocycles. The summed E-state index contributed by atoms with van der Waals surface area (Å²) in [6.07, 6.45) is 2.81. The van der Waals surface area contributed by atoms with Crippen molar-refractivity contribution in [3.63, 3.8) is 0 Å². The molecule has 0 saturated carbocycles. The lowest BCUT2D eigenvalue weighted by atomic mass is 10.2. The Morgan fingerprint density at radius 2 is 2.27 bits per heavy atom. The van der Waals surface area contributed by atoms with Crippen LogP contribution in [-0.4, -0.2) is 42.8 Å². The van der Waals surface area contributed by atoms with Crippen molar-refractivity contribution >= 4 is 17.4 Å². The highest BCUT2D eigenvalue weighted by molar-refractivity contribution is 7.08. The van der Waals surface area contributed by atoms with Gasteiger partial charge in [0.05, 0.1) is 24.0 Å². The molecule has 0 radical (unpaired) electrons. The van der Waals surface area contributed by atoms with Gasteiger partial charge in [-0.3, -0.25) is 9.48 Å². The molecule has 1 aliphatic heterocycles. The van der Waals surface area contributed by atoms with Gasteiger partial charge in [0.2, 0.25) is 0 Å². The van der Waals surface area contributed by atoms with Crippen LogP contribution in [-0.2, 0) is 13.0 Å². The molecule has 1 aliphatic rings. The monoisotopic (exact) mass is 319 g/mol. The van der Waals surface area contributed by atoms with Crippen LogP contribution < -0.4 is 0 Å². The van der Waals surface area contributed by atoms with Crippen molar-refractivity contribution in [1.29, 1.82) is 0 Å². The van der Waals surface area contributed by atoms with Gasteiger partial charge in [0, 0.05) is 12.2 Å². The molecule has 1 amide bonds. The molecule has 7 heteroatoms. The molecule has 3 heterocycles. The number of likely N-dealkylation sites (tertiary alicyclic amines) is 1. The standard InChI is InChI=1S/C15H21N5OS/c1-4-13-14(22-18-16-13)15(21)19-7-5-6-12(19)9-20-11(3)8-10(2)17-20/h8,12H,4-7,9H2,1-3H3. The fourth-order valence-electron chi connectivity index (χ4n) is 3.09. The first-order chi connectivity index (χ1) is 10.6. The van der Waals surface area contributed by atoms with E-state index in [0.717, 1.165) is 49.4 Å². The van der Waals surface area contributed by atoms with E-state index >= 15 is 0 Å². The van der Waals surface area contributed by atoms with Gasteiger partial charge in [-0.1, -0.05) is 11.4 Å². The number of nitrogens with zero attached hydrogens (tertiary/aromatic N) is 5. The fraction of sp³-hybridized carbons (Fsp3) is 0.600. The maximum absolute atomic E-state index is 12.8. The number of hydrogen-bond donors (Lipinski definition) is 0. The third-order valence-electron chi connectivity index (χ3n) is 4.21. The minimum Gasteiger partial charge on any atom is -0.333 e. The van der Waals surface area contributed by atoms with Gasteiger partial charge >= 0.3 is 0 Å². The molecule has 2 aromatic heterocycles. The van der Waals surface area contributed by atoms with Crippen molar-refractivity contribution in [1.82, 2.24) is 24.3 Å². The summed E-state index contributed by atoms with van der Waals surface area (Å²) >= 11 is 1.21. The van der Waals surface area contributed by atoms with E-state index in [1.807, 2.05) is 23.4 Å². The Morgan fingerprint density at radius 1 is 1.45 bits per heavy atom. The summed E-state index contributed by atoms with van der Waals surface area (Å²) in [6.45, 7) is 7.63. The third kappa shape index (κ3) is 2.77. The second-order valence-corrected chi connectivity index (χ2v) is 6.56. The van der Waals surface area contributed by atoms with Crippen LogP contribution in [0.5, 0.6) is 0 Å². The van der Waals surface area contributed by atoms with Gasteiger partial charge in [-0.15, -0.1) is 5.10 Å². The van der Waals surface area contributed by atoms with E-state index in [-0.39, 0.29) is 11.9 Å². The topological polar surface area (TPSA) is 63.9 Å². The van der Waals surface area contributed by atoms with Crippen LogP contribution in [0.2, 0.25) is 0 Å². The van der Waals surface area contributed by atoms with Crippen molar-refractivity contribution in [2.45, 2.75) is 52.6 Å². The Labute approximate surface area is 134 Å². The van der Waals surface area contributed by atoms with Crippen LogP contribution in [0, 0.1) is 13.8 Å². The van der Waals surface area contributed by atoms with Gasteiger partial charge in [-0.2, -0.15) is 5.10 Å². The first kappa shape index (κ1) is 15.1. The van der Waals surface area contributed by atoms with Gasteiger partial charge < -0.3 is 4.90 Å². The fourth-order valence-corrected chi connectivity index (χ4v) is 3.79. The van der Waals surface area contributed by atoms with Crippen molar-refractivity contribution < 1.29 is 4.79 Å². The molecule has 1 saturated heterocycles. The average Bonchev–Trinajstić information content (AvgIpc) is 3.19. The van der Waals surface area contributed by atoms with Crippen LogP contribution in [0.4, 0.5) is 0 Å². The molecule has 0 bridgehead atoms. The lowest BCUT2D eigenvalue weighted by Crippen LogP contribution is -2.38. The highest BCUT2D eigenvalue weighted by Gasteiger charge is 2.32. The molecule has 0 spiro atoms. The van der Waals surface area contributed by atoms with Gasteiger partial charge in [-0.05, 0) is 50.7 Å². The summed E-state index contributed by atoms with van der Waals surface area (Å²) in [5, 5.41) is 8.58. The van der Waals surface area contributed by atoms with Crippen LogP contribution in [0.1, 0.15) is 46.5 Å². The Morgan fingerprint density at radius 3 is 2.95 bits per heavy atom. The average molecular weight is 319 g/mol. The highest BCUT2D eigenvalue weighted by Crippen LogP contribution is 2.24. The van der Waals surface area contributed by atoms with Crippen molar-refractivity contribution in [2.75, 3.05) is 6.54 Å². The zero-order valence-corrected chi connectivity index (χ0v) is 14.1. The van der Waals surface area contributed by atoms with E-state index in [0.29, 0.717) is 4.88 Å². The highest BCUT2D eigenvalue weighted by atomic mass is 32.1. The van der Waals surface area contributed by atoms with E-state index in [9.17, 15) is 4.79 Å². The van der Waals surface area contributed by atoms with E-state index < -0.39 is 0 Å². The third-order valence-corrected chi connectivity index (χ3v) is 4.97. The van der Waals surface area contributed by atoms with Crippen LogP contribution >= 0.6 is 11.5 Å². The maximum atomic E-state index is 12.8. The summed E-state index contributed by atoms with van der Waals surface area (Å²) in [4.78, 5) is 15.5. The van der Waals surface area contributed by atoms with Crippen molar-refractivity contribution in [3.05, 3.63) is 28.0 Å².